The maximum Gasteiger partial charge on any atom is 0.276 e. The standard InChI is InChI=1S/C18H17N3O2S/c1-13-11-17(20-21(13)15-8-4-3-5-9-15)18(22)19-14-7-6-10-16(12-14)24(2)23/h3-12H,1-2H3,(H,19,22). The van der Waals surface area contributed by atoms with E-state index in [2.05, 4.69) is 10.4 Å². The second-order valence-corrected chi connectivity index (χ2v) is 6.73. The van der Waals surface area contributed by atoms with Gasteiger partial charge in [-0.15, -0.1) is 0 Å². The number of carbonyl (C=O) groups excluding carboxylic acids is 1. The van der Waals surface area contributed by atoms with Gasteiger partial charge in [0, 0.05) is 33.3 Å². The Morgan fingerprint density at radius 3 is 2.54 bits per heavy atom. The molecule has 6 heteroatoms. The van der Waals surface area contributed by atoms with E-state index in [0.29, 0.717) is 16.3 Å². The fourth-order valence-electron chi connectivity index (χ4n) is 2.36. The minimum Gasteiger partial charge on any atom is -0.321 e. The number of benzene rings is 2. The summed E-state index contributed by atoms with van der Waals surface area (Å²) in [6.45, 7) is 1.90. The summed E-state index contributed by atoms with van der Waals surface area (Å²) in [5, 5.41) is 7.17. The largest absolute Gasteiger partial charge is 0.321 e. The topological polar surface area (TPSA) is 64.0 Å². The first-order valence-corrected chi connectivity index (χ1v) is 8.97. The Morgan fingerprint density at radius 1 is 1.08 bits per heavy atom. The van der Waals surface area contributed by atoms with Crippen LogP contribution in [-0.4, -0.2) is 26.2 Å². The molecule has 0 aliphatic carbocycles. The van der Waals surface area contributed by atoms with Crippen LogP contribution in [0.25, 0.3) is 5.69 Å². The number of hydrogen-bond acceptors (Lipinski definition) is 3. The van der Waals surface area contributed by atoms with Crippen molar-refractivity contribution in [2.24, 2.45) is 0 Å². The van der Waals surface area contributed by atoms with Gasteiger partial charge in [-0.1, -0.05) is 24.3 Å². The highest BCUT2D eigenvalue weighted by atomic mass is 32.2. The van der Waals surface area contributed by atoms with Gasteiger partial charge in [-0.3, -0.25) is 9.00 Å². The van der Waals surface area contributed by atoms with E-state index in [4.69, 9.17) is 0 Å². The minimum absolute atomic E-state index is 0.299. The van der Waals surface area contributed by atoms with E-state index in [-0.39, 0.29) is 5.91 Å². The van der Waals surface area contributed by atoms with Crippen molar-refractivity contribution >= 4 is 22.4 Å². The summed E-state index contributed by atoms with van der Waals surface area (Å²) in [6, 6.07) is 18.4. The molecule has 3 rings (SSSR count). The average Bonchev–Trinajstić information content (AvgIpc) is 2.98. The molecule has 0 spiro atoms. The molecule has 1 heterocycles. The minimum atomic E-state index is -1.09. The van der Waals surface area contributed by atoms with Crippen LogP contribution < -0.4 is 5.32 Å². The van der Waals surface area contributed by atoms with E-state index in [9.17, 15) is 9.00 Å². The van der Waals surface area contributed by atoms with Crippen LogP contribution in [0.1, 0.15) is 16.2 Å². The maximum atomic E-state index is 12.4. The molecule has 0 saturated carbocycles. The van der Waals surface area contributed by atoms with Gasteiger partial charge in [-0.05, 0) is 43.3 Å². The molecule has 0 bridgehead atoms. The van der Waals surface area contributed by atoms with E-state index in [0.717, 1.165) is 11.4 Å². The summed E-state index contributed by atoms with van der Waals surface area (Å²) in [6.07, 6.45) is 1.60. The normalized spacial score (nSPS) is 11.9. The van der Waals surface area contributed by atoms with E-state index < -0.39 is 10.8 Å². The highest BCUT2D eigenvalue weighted by Gasteiger charge is 2.14. The van der Waals surface area contributed by atoms with Crippen LogP contribution in [0.2, 0.25) is 0 Å². The number of carbonyl (C=O) groups is 1. The van der Waals surface area contributed by atoms with Crippen molar-refractivity contribution in [3.63, 3.8) is 0 Å². The summed E-state index contributed by atoms with van der Waals surface area (Å²) in [7, 11) is -1.09. The number of nitrogens with one attached hydrogen (secondary N) is 1. The third-order valence-corrected chi connectivity index (χ3v) is 4.46. The van der Waals surface area contributed by atoms with Gasteiger partial charge in [-0.25, -0.2) is 4.68 Å². The lowest BCUT2D eigenvalue weighted by Gasteiger charge is -2.05. The molecule has 3 aromatic rings. The van der Waals surface area contributed by atoms with Crippen molar-refractivity contribution in [1.29, 1.82) is 0 Å². The summed E-state index contributed by atoms with van der Waals surface area (Å²) in [4.78, 5) is 13.1. The molecule has 1 N–H and O–H groups in total. The first-order chi connectivity index (χ1) is 11.5. The molecule has 0 aliphatic rings. The molecule has 0 saturated heterocycles. The lowest BCUT2D eigenvalue weighted by atomic mass is 10.3. The Kier molecular flexibility index (Phi) is 4.57. The van der Waals surface area contributed by atoms with Gasteiger partial charge in [0.2, 0.25) is 0 Å². The molecule has 1 amide bonds. The second-order valence-electron chi connectivity index (χ2n) is 5.35. The fraction of sp³-hybridized carbons (Fsp3) is 0.111. The van der Waals surface area contributed by atoms with Crippen LogP contribution in [0.15, 0.2) is 65.6 Å². The summed E-state index contributed by atoms with van der Waals surface area (Å²) in [5.41, 5.74) is 2.70. The van der Waals surface area contributed by atoms with Gasteiger partial charge in [0.05, 0.1) is 5.69 Å². The second kappa shape index (κ2) is 6.80. The zero-order chi connectivity index (χ0) is 17.1. The van der Waals surface area contributed by atoms with Gasteiger partial charge in [-0.2, -0.15) is 5.10 Å². The molecular formula is C18H17N3O2S. The zero-order valence-corrected chi connectivity index (χ0v) is 14.2. The van der Waals surface area contributed by atoms with E-state index in [1.54, 1.807) is 41.3 Å². The smallest absolute Gasteiger partial charge is 0.276 e. The number of hydrogen-bond donors (Lipinski definition) is 1. The number of rotatable bonds is 4. The van der Waals surface area contributed by atoms with Crippen molar-refractivity contribution in [1.82, 2.24) is 9.78 Å². The Balaban J connectivity index is 1.84. The molecule has 0 radical (unpaired) electrons. The van der Waals surface area contributed by atoms with Crippen LogP contribution in [0.4, 0.5) is 5.69 Å². The summed E-state index contributed by atoms with van der Waals surface area (Å²) >= 11 is 0. The third kappa shape index (κ3) is 3.44. The van der Waals surface area contributed by atoms with Crippen LogP contribution >= 0.6 is 0 Å². The van der Waals surface area contributed by atoms with Crippen molar-refractivity contribution in [2.45, 2.75) is 11.8 Å². The van der Waals surface area contributed by atoms with Crippen LogP contribution in [0.5, 0.6) is 0 Å². The molecule has 122 valence electrons. The molecular weight excluding hydrogens is 322 g/mol. The molecule has 2 aromatic carbocycles. The number of aromatic nitrogens is 2. The van der Waals surface area contributed by atoms with Crippen molar-refractivity contribution in [3.8, 4) is 5.69 Å². The highest BCUT2D eigenvalue weighted by molar-refractivity contribution is 7.84. The average molecular weight is 339 g/mol. The van der Waals surface area contributed by atoms with Crippen molar-refractivity contribution < 1.29 is 9.00 Å². The van der Waals surface area contributed by atoms with Gasteiger partial charge >= 0.3 is 0 Å². The highest BCUT2D eigenvalue weighted by Crippen LogP contribution is 2.16. The zero-order valence-electron chi connectivity index (χ0n) is 13.4. The number of nitrogens with zero attached hydrogens (tertiary/aromatic N) is 2. The van der Waals surface area contributed by atoms with Crippen molar-refractivity contribution in [3.05, 3.63) is 72.1 Å². The molecule has 1 unspecified atom stereocenters. The predicted octanol–water partition coefficient (Wildman–Crippen LogP) is 3.17. The number of amides is 1. The Hall–Kier alpha value is -2.73. The van der Waals surface area contributed by atoms with Crippen LogP contribution in [-0.2, 0) is 10.8 Å². The van der Waals surface area contributed by atoms with E-state index in [1.807, 2.05) is 37.3 Å². The first-order valence-electron chi connectivity index (χ1n) is 7.41. The summed E-state index contributed by atoms with van der Waals surface area (Å²) in [5.74, 6) is -0.299. The Bertz CT molecular complexity index is 904. The SMILES string of the molecule is Cc1cc(C(=O)Nc2cccc(S(C)=O)c2)nn1-c1ccccc1. The van der Waals surface area contributed by atoms with Gasteiger partial charge in [0.15, 0.2) is 5.69 Å². The fourth-order valence-corrected chi connectivity index (χ4v) is 2.93. The molecule has 1 atom stereocenters. The number of para-hydroxylation sites is 1. The van der Waals surface area contributed by atoms with E-state index in [1.165, 1.54) is 0 Å². The molecule has 1 aromatic heterocycles. The molecule has 24 heavy (non-hydrogen) atoms. The lowest BCUT2D eigenvalue weighted by molar-refractivity contribution is 0.102. The Morgan fingerprint density at radius 2 is 1.83 bits per heavy atom. The molecule has 0 aliphatic heterocycles. The molecule has 5 nitrogen and oxygen atoms in total. The van der Waals surface area contributed by atoms with Crippen LogP contribution in [0.3, 0.4) is 0 Å². The number of anilines is 1. The predicted molar refractivity (Wildman–Crippen MR) is 95.0 cm³/mol. The number of aryl methyl sites for hydroxylation is 1. The lowest BCUT2D eigenvalue weighted by Crippen LogP contribution is -2.13. The van der Waals surface area contributed by atoms with Crippen molar-refractivity contribution in [2.75, 3.05) is 11.6 Å². The Labute approximate surface area is 142 Å². The summed E-state index contributed by atoms with van der Waals surface area (Å²) < 4.78 is 13.3. The monoisotopic (exact) mass is 339 g/mol. The first kappa shape index (κ1) is 16.1. The maximum absolute atomic E-state index is 12.4. The van der Waals surface area contributed by atoms with Gasteiger partial charge in [0.1, 0.15) is 0 Å². The van der Waals surface area contributed by atoms with Crippen LogP contribution in [0, 0.1) is 6.92 Å². The van der Waals surface area contributed by atoms with Gasteiger partial charge < -0.3 is 5.32 Å². The van der Waals surface area contributed by atoms with Gasteiger partial charge in [0.25, 0.3) is 5.91 Å². The molecule has 0 fully saturated rings. The van der Waals surface area contributed by atoms with E-state index >= 15 is 0 Å². The quantitative estimate of drug-likeness (QED) is 0.794. The third-order valence-electron chi connectivity index (χ3n) is 3.54.